The summed E-state index contributed by atoms with van der Waals surface area (Å²) in [7, 11) is 0. The first-order valence-corrected chi connectivity index (χ1v) is 11.1. The molecule has 0 unspecified atom stereocenters. The molecule has 3 aromatic carbocycles. The Balaban J connectivity index is 1.40. The van der Waals surface area contributed by atoms with E-state index in [-0.39, 0.29) is 5.91 Å². The van der Waals surface area contributed by atoms with E-state index in [1.165, 1.54) is 11.3 Å². The van der Waals surface area contributed by atoms with Crippen LogP contribution in [0.5, 0.6) is 5.75 Å². The number of rotatable bonds is 6. The molecule has 0 bridgehead atoms. The van der Waals surface area contributed by atoms with Crippen LogP contribution in [0.2, 0.25) is 0 Å². The van der Waals surface area contributed by atoms with Gasteiger partial charge in [0.25, 0.3) is 5.91 Å². The average molecular weight is 465 g/mol. The van der Waals surface area contributed by atoms with Crippen molar-refractivity contribution < 1.29 is 9.53 Å². The van der Waals surface area contributed by atoms with Gasteiger partial charge in [-0.1, -0.05) is 64.5 Å². The highest BCUT2D eigenvalue weighted by molar-refractivity contribution is 9.10. The van der Waals surface area contributed by atoms with E-state index in [1.807, 2.05) is 59.5 Å². The predicted molar refractivity (Wildman–Crippen MR) is 124 cm³/mol. The normalized spacial score (nSPS) is 13.9. The smallest absolute Gasteiger partial charge is 0.257 e. The Morgan fingerprint density at radius 1 is 0.867 bits per heavy atom. The Kier molecular flexibility index (Phi) is 6.70. The van der Waals surface area contributed by atoms with Crippen LogP contribution in [-0.4, -0.2) is 43.6 Å². The van der Waals surface area contributed by atoms with E-state index in [0.717, 1.165) is 24.0 Å². The Bertz CT molecular complexity index is 971. The number of carbonyl (C=O) groups excluding carboxylic acids is 1. The van der Waals surface area contributed by atoms with Crippen molar-refractivity contribution in [3.8, 4) is 5.75 Å². The molecule has 1 fully saturated rings. The molecule has 0 radical (unpaired) electrons. The van der Waals surface area contributed by atoms with Gasteiger partial charge in [-0.25, -0.2) is 0 Å². The molecule has 1 heterocycles. The van der Waals surface area contributed by atoms with Crippen molar-refractivity contribution in [3.63, 3.8) is 0 Å². The lowest BCUT2D eigenvalue weighted by molar-refractivity contribution is 0.0742. The third-order valence-corrected chi connectivity index (χ3v) is 5.84. The fraction of sp³-hybridized carbons (Fsp3) is 0.240. The van der Waals surface area contributed by atoms with Gasteiger partial charge in [-0.2, -0.15) is 0 Å². The minimum absolute atomic E-state index is 0.0266. The lowest BCUT2D eigenvalue weighted by Crippen LogP contribution is -2.48. The van der Waals surface area contributed by atoms with Gasteiger partial charge in [0.15, 0.2) is 0 Å². The molecule has 1 aliphatic heterocycles. The summed E-state index contributed by atoms with van der Waals surface area (Å²) < 4.78 is 6.90. The fourth-order valence-electron chi connectivity index (χ4n) is 3.70. The summed E-state index contributed by atoms with van der Waals surface area (Å²) >= 11 is 3.50. The van der Waals surface area contributed by atoms with E-state index in [2.05, 4.69) is 45.1 Å². The van der Waals surface area contributed by atoms with Crippen LogP contribution in [-0.2, 0) is 6.42 Å². The predicted octanol–water partition coefficient (Wildman–Crippen LogP) is 5.03. The monoisotopic (exact) mass is 464 g/mol. The van der Waals surface area contributed by atoms with Crippen molar-refractivity contribution in [2.24, 2.45) is 0 Å². The Morgan fingerprint density at radius 3 is 2.23 bits per heavy atom. The van der Waals surface area contributed by atoms with E-state index in [1.54, 1.807) is 0 Å². The van der Waals surface area contributed by atoms with Crippen LogP contribution in [0, 0.1) is 0 Å². The maximum atomic E-state index is 13.3. The maximum absolute atomic E-state index is 13.3. The van der Waals surface area contributed by atoms with Crippen molar-refractivity contribution in [3.05, 3.63) is 94.5 Å². The van der Waals surface area contributed by atoms with E-state index in [4.69, 9.17) is 4.74 Å². The Hall–Kier alpha value is -2.79. The van der Waals surface area contributed by atoms with Gasteiger partial charge < -0.3 is 14.5 Å². The molecule has 1 saturated heterocycles. The summed E-state index contributed by atoms with van der Waals surface area (Å²) in [6.45, 7) is 3.59. The van der Waals surface area contributed by atoms with Crippen molar-refractivity contribution >= 4 is 27.5 Å². The molecular weight excluding hydrogens is 440 g/mol. The number of hydrogen-bond acceptors (Lipinski definition) is 3. The molecule has 1 amide bonds. The number of piperazine rings is 1. The largest absolute Gasteiger partial charge is 0.492 e. The number of para-hydroxylation sites is 1. The van der Waals surface area contributed by atoms with Crippen LogP contribution >= 0.6 is 15.9 Å². The standard InChI is InChI=1S/C25H25BrN2O2/c26-21-11-12-24(30-18-13-20-7-3-1-4-8-20)23(19-21)25(29)28-16-14-27(15-17-28)22-9-5-2-6-10-22/h1-12,19H,13-18H2. The molecule has 0 spiro atoms. The number of carbonyl (C=O) groups is 1. The van der Waals surface area contributed by atoms with Crippen LogP contribution in [0.1, 0.15) is 15.9 Å². The summed E-state index contributed by atoms with van der Waals surface area (Å²) in [5.74, 6) is 0.670. The molecule has 1 aliphatic rings. The van der Waals surface area contributed by atoms with E-state index in [0.29, 0.717) is 31.0 Å². The summed E-state index contributed by atoms with van der Waals surface area (Å²) in [5.41, 5.74) is 3.04. The average Bonchev–Trinajstić information content (AvgIpc) is 2.81. The molecule has 0 aromatic heterocycles. The van der Waals surface area contributed by atoms with Gasteiger partial charge in [0.2, 0.25) is 0 Å². The van der Waals surface area contributed by atoms with Crippen molar-refractivity contribution in [2.75, 3.05) is 37.7 Å². The summed E-state index contributed by atoms with van der Waals surface area (Å²) in [6, 6.07) is 26.2. The number of amides is 1. The first-order chi connectivity index (χ1) is 14.7. The third kappa shape index (κ3) is 5.03. The van der Waals surface area contributed by atoms with Gasteiger partial charge in [0, 0.05) is 42.8 Å². The van der Waals surface area contributed by atoms with Gasteiger partial charge in [-0.3, -0.25) is 4.79 Å². The summed E-state index contributed by atoms with van der Waals surface area (Å²) in [4.78, 5) is 17.5. The lowest BCUT2D eigenvalue weighted by Gasteiger charge is -2.36. The molecule has 0 saturated carbocycles. The van der Waals surface area contributed by atoms with Gasteiger partial charge in [-0.15, -0.1) is 0 Å². The topological polar surface area (TPSA) is 32.8 Å². The molecular formula is C25H25BrN2O2. The van der Waals surface area contributed by atoms with Gasteiger partial charge in [-0.05, 0) is 35.9 Å². The van der Waals surface area contributed by atoms with E-state index >= 15 is 0 Å². The number of halogens is 1. The van der Waals surface area contributed by atoms with Crippen molar-refractivity contribution in [1.29, 1.82) is 0 Å². The zero-order valence-corrected chi connectivity index (χ0v) is 18.4. The zero-order valence-electron chi connectivity index (χ0n) is 16.8. The lowest BCUT2D eigenvalue weighted by atomic mass is 10.1. The quantitative estimate of drug-likeness (QED) is 0.512. The molecule has 0 N–H and O–H groups in total. The van der Waals surface area contributed by atoms with Crippen LogP contribution in [0.4, 0.5) is 5.69 Å². The maximum Gasteiger partial charge on any atom is 0.257 e. The summed E-state index contributed by atoms with van der Waals surface area (Å²) in [6.07, 6.45) is 0.806. The van der Waals surface area contributed by atoms with Crippen LogP contribution in [0.15, 0.2) is 83.3 Å². The number of ether oxygens (including phenoxy) is 1. The Labute approximate surface area is 186 Å². The molecule has 3 aromatic rings. The summed E-state index contributed by atoms with van der Waals surface area (Å²) in [5, 5.41) is 0. The highest BCUT2D eigenvalue weighted by Gasteiger charge is 2.24. The van der Waals surface area contributed by atoms with Crippen molar-refractivity contribution in [1.82, 2.24) is 4.90 Å². The Morgan fingerprint density at radius 2 is 1.53 bits per heavy atom. The molecule has 4 nitrogen and oxygen atoms in total. The first-order valence-electron chi connectivity index (χ1n) is 10.3. The van der Waals surface area contributed by atoms with Crippen molar-refractivity contribution in [2.45, 2.75) is 6.42 Å². The fourth-order valence-corrected chi connectivity index (χ4v) is 4.06. The van der Waals surface area contributed by atoms with Crippen LogP contribution in [0.3, 0.4) is 0 Å². The minimum Gasteiger partial charge on any atom is -0.492 e. The second kappa shape index (κ2) is 9.81. The van der Waals surface area contributed by atoms with E-state index < -0.39 is 0 Å². The second-order valence-corrected chi connectivity index (χ2v) is 8.26. The minimum atomic E-state index is 0.0266. The second-order valence-electron chi connectivity index (χ2n) is 7.34. The SMILES string of the molecule is O=C(c1cc(Br)ccc1OCCc1ccccc1)N1CCN(c2ccccc2)CC1. The number of hydrogen-bond donors (Lipinski definition) is 0. The van der Waals surface area contributed by atoms with Gasteiger partial charge >= 0.3 is 0 Å². The number of nitrogens with zero attached hydrogens (tertiary/aromatic N) is 2. The van der Waals surface area contributed by atoms with Gasteiger partial charge in [0.05, 0.1) is 12.2 Å². The zero-order chi connectivity index (χ0) is 20.8. The molecule has 30 heavy (non-hydrogen) atoms. The molecule has 4 rings (SSSR count). The molecule has 5 heteroatoms. The van der Waals surface area contributed by atoms with E-state index in [9.17, 15) is 4.79 Å². The number of anilines is 1. The van der Waals surface area contributed by atoms with Gasteiger partial charge in [0.1, 0.15) is 5.75 Å². The molecule has 0 atom stereocenters. The first kappa shape index (κ1) is 20.5. The molecule has 154 valence electrons. The van der Waals surface area contributed by atoms with Crippen LogP contribution < -0.4 is 9.64 Å². The number of benzene rings is 3. The molecule has 0 aliphatic carbocycles. The third-order valence-electron chi connectivity index (χ3n) is 5.35. The highest BCUT2D eigenvalue weighted by Crippen LogP contribution is 2.26. The highest BCUT2D eigenvalue weighted by atomic mass is 79.9. The van der Waals surface area contributed by atoms with Crippen LogP contribution in [0.25, 0.3) is 0 Å².